The third-order valence-corrected chi connectivity index (χ3v) is 9.33. The average Bonchev–Trinajstić information content (AvgIpc) is 3.11. The molecular formula is C22H33NO2. The number of rotatable bonds is 1. The van der Waals surface area contributed by atoms with E-state index in [-0.39, 0.29) is 17.5 Å². The maximum atomic E-state index is 12.9. The van der Waals surface area contributed by atoms with Crippen LogP contribution in [0.3, 0.4) is 0 Å². The summed E-state index contributed by atoms with van der Waals surface area (Å²) in [5.74, 6) is 2.71. The van der Waals surface area contributed by atoms with Crippen LogP contribution in [0, 0.1) is 34.5 Å². The van der Waals surface area contributed by atoms with E-state index < -0.39 is 0 Å². The van der Waals surface area contributed by atoms with Crippen molar-refractivity contribution in [1.29, 1.82) is 0 Å². The lowest BCUT2D eigenvalue weighted by Gasteiger charge is -2.57. The summed E-state index contributed by atoms with van der Waals surface area (Å²) in [4.78, 5) is 12.9. The molecular weight excluding hydrogens is 310 g/mol. The average molecular weight is 344 g/mol. The zero-order valence-electron chi connectivity index (χ0n) is 16.0. The topological polar surface area (TPSA) is 38.3 Å². The highest BCUT2D eigenvalue weighted by atomic mass is 16.6. The summed E-state index contributed by atoms with van der Waals surface area (Å²) in [6.07, 6.45) is 12.6. The maximum Gasteiger partial charge on any atom is 0.313 e. The van der Waals surface area contributed by atoms with Gasteiger partial charge in [-0.2, -0.15) is 0 Å². The van der Waals surface area contributed by atoms with E-state index in [4.69, 9.17) is 4.74 Å². The molecule has 0 aromatic carbocycles. The smallest absolute Gasteiger partial charge is 0.313 e. The van der Waals surface area contributed by atoms with Crippen molar-refractivity contribution in [2.45, 2.75) is 77.4 Å². The number of carbonyl (C=O) groups is 1. The van der Waals surface area contributed by atoms with Gasteiger partial charge in [0.25, 0.3) is 0 Å². The number of allylic oxidation sites excluding steroid dienone is 1. The second-order valence-electron chi connectivity index (χ2n) is 9.86. The SMILES string of the molecule is CN[C@H]1CC[C@@]2(C)C(=CCC3[C@@H]4CC[C@@H]5[C@H](C)OC(=O)[C@@]54CC[C@@H]32)C1. The molecule has 3 saturated carbocycles. The van der Waals surface area contributed by atoms with Crippen molar-refractivity contribution >= 4 is 5.97 Å². The Bertz CT molecular complexity index is 628. The fourth-order valence-corrected chi connectivity index (χ4v) is 8.04. The zero-order chi connectivity index (χ0) is 17.4. The van der Waals surface area contributed by atoms with Crippen LogP contribution >= 0.6 is 0 Å². The summed E-state index contributed by atoms with van der Waals surface area (Å²) in [5, 5.41) is 3.50. The lowest BCUT2D eigenvalue weighted by Crippen LogP contribution is -2.53. The fourth-order valence-electron chi connectivity index (χ4n) is 8.04. The van der Waals surface area contributed by atoms with Crippen LogP contribution in [0.15, 0.2) is 11.6 Å². The third kappa shape index (κ3) is 1.94. The molecule has 3 nitrogen and oxygen atoms in total. The highest BCUT2D eigenvalue weighted by Crippen LogP contribution is 2.68. The Morgan fingerprint density at radius 3 is 2.72 bits per heavy atom. The normalized spacial score (nSPS) is 54.0. The third-order valence-electron chi connectivity index (χ3n) is 9.33. The first-order valence-electron chi connectivity index (χ1n) is 10.6. The number of fused-ring (bicyclic) bond motifs is 4. The number of cyclic esters (lactones) is 1. The summed E-state index contributed by atoms with van der Waals surface area (Å²) in [7, 11) is 2.11. The predicted molar refractivity (Wildman–Crippen MR) is 97.9 cm³/mol. The molecule has 1 spiro atoms. The van der Waals surface area contributed by atoms with Gasteiger partial charge in [-0.3, -0.25) is 4.79 Å². The molecule has 0 aromatic heterocycles. The minimum atomic E-state index is -0.121. The molecule has 5 aliphatic rings. The van der Waals surface area contributed by atoms with E-state index in [9.17, 15) is 4.79 Å². The molecule has 3 heteroatoms. The van der Waals surface area contributed by atoms with Gasteiger partial charge in [0.05, 0.1) is 5.41 Å². The van der Waals surface area contributed by atoms with Gasteiger partial charge in [-0.05, 0) is 88.5 Å². The van der Waals surface area contributed by atoms with Crippen LogP contribution in [-0.2, 0) is 9.53 Å². The van der Waals surface area contributed by atoms with Gasteiger partial charge in [0.1, 0.15) is 6.10 Å². The van der Waals surface area contributed by atoms with Gasteiger partial charge in [-0.25, -0.2) is 0 Å². The number of hydrogen-bond acceptors (Lipinski definition) is 3. The van der Waals surface area contributed by atoms with E-state index in [1.165, 1.54) is 44.9 Å². The van der Waals surface area contributed by atoms with Crippen molar-refractivity contribution in [2.24, 2.45) is 34.5 Å². The van der Waals surface area contributed by atoms with Crippen molar-refractivity contribution in [2.75, 3.05) is 7.05 Å². The Kier molecular flexibility index (Phi) is 3.49. The van der Waals surface area contributed by atoms with Crippen LogP contribution in [0.25, 0.3) is 0 Å². The van der Waals surface area contributed by atoms with Gasteiger partial charge in [-0.15, -0.1) is 0 Å². The van der Waals surface area contributed by atoms with E-state index in [0.29, 0.717) is 29.2 Å². The Balaban J connectivity index is 1.49. The van der Waals surface area contributed by atoms with Crippen LogP contribution in [0.2, 0.25) is 0 Å². The molecule has 0 radical (unpaired) electrons. The van der Waals surface area contributed by atoms with Crippen LogP contribution < -0.4 is 5.32 Å². The molecule has 1 heterocycles. The molecule has 25 heavy (non-hydrogen) atoms. The number of ether oxygens (including phenoxy) is 1. The molecule has 1 unspecified atom stereocenters. The number of carbonyl (C=O) groups excluding carboxylic acids is 1. The first-order valence-corrected chi connectivity index (χ1v) is 10.6. The molecule has 0 aromatic rings. The quantitative estimate of drug-likeness (QED) is 0.576. The minimum absolute atomic E-state index is 0.121. The molecule has 1 aliphatic heterocycles. The molecule has 8 atom stereocenters. The van der Waals surface area contributed by atoms with Crippen LogP contribution in [0.4, 0.5) is 0 Å². The molecule has 138 valence electrons. The van der Waals surface area contributed by atoms with Crippen molar-refractivity contribution in [3.63, 3.8) is 0 Å². The van der Waals surface area contributed by atoms with E-state index in [1.807, 2.05) is 0 Å². The van der Waals surface area contributed by atoms with Crippen molar-refractivity contribution in [3.8, 4) is 0 Å². The largest absolute Gasteiger partial charge is 0.462 e. The molecule has 4 aliphatic carbocycles. The zero-order valence-corrected chi connectivity index (χ0v) is 16.0. The van der Waals surface area contributed by atoms with E-state index in [1.54, 1.807) is 5.57 Å². The maximum absolute atomic E-state index is 12.9. The second kappa shape index (κ2) is 5.34. The van der Waals surface area contributed by atoms with Gasteiger partial charge in [0, 0.05) is 12.0 Å². The monoisotopic (exact) mass is 343 g/mol. The number of hydrogen-bond donors (Lipinski definition) is 1. The van der Waals surface area contributed by atoms with Crippen molar-refractivity contribution in [3.05, 3.63) is 11.6 Å². The fraction of sp³-hybridized carbons (Fsp3) is 0.864. The molecule has 1 saturated heterocycles. The summed E-state index contributed by atoms with van der Waals surface area (Å²) >= 11 is 0. The van der Waals surface area contributed by atoms with Gasteiger partial charge in [0.15, 0.2) is 0 Å². The standard InChI is InChI=1S/C22H33NO2/c1-13-17-6-7-19-16-5-4-14-12-15(23-3)8-10-21(14,2)18(16)9-11-22(17,19)20(24)25-13/h4,13,15-19,23H,5-12H2,1-3H3/t13-,15-,16?,17+,18-,19-,21-,22-/m0/s1. The minimum Gasteiger partial charge on any atom is -0.462 e. The summed E-state index contributed by atoms with van der Waals surface area (Å²) in [6.45, 7) is 4.67. The molecule has 5 rings (SSSR count). The van der Waals surface area contributed by atoms with E-state index >= 15 is 0 Å². The molecule has 0 bridgehead atoms. The van der Waals surface area contributed by atoms with Crippen molar-refractivity contribution in [1.82, 2.24) is 5.32 Å². The molecule has 4 fully saturated rings. The Morgan fingerprint density at radius 1 is 1.12 bits per heavy atom. The Hall–Kier alpha value is -0.830. The molecule has 0 amide bonds. The van der Waals surface area contributed by atoms with Crippen LogP contribution in [0.1, 0.15) is 65.2 Å². The van der Waals surface area contributed by atoms with Crippen LogP contribution in [0.5, 0.6) is 0 Å². The first kappa shape index (κ1) is 16.4. The van der Waals surface area contributed by atoms with Gasteiger partial charge in [-0.1, -0.05) is 18.6 Å². The van der Waals surface area contributed by atoms with Gasteiger partial charge >= 0.3 is 5.97 Å². The Labute approximate surface area is 152 Å². The first-order chi connectivity index (χ1) is 12.0. The highest BCUT2D eigenvalue weighted by molar-refractivity contribution is 5.81. The lowest BCUT2D eigenvalue weighted by molar-refractivity contribution is -0.156. The Morgan fingerprint density at radius 2 is 1.92 bits per heavy atom. The molecule has 1 N–H and O–H groups in total. The van der Waals surface area contributed by atoms with Gasteiger partial charge < -0.3 is 10.1 Å². The van der Waals surface area contributed by atoms with Gasteiger partial charge in [0.2, 0.25) is 0 Å². The van der Waals surface area contributed by atoms with E-state index in [2.05, 4.69) is 32.3 Å². The summed E-state index contributed by atoms with van der Waals surface area (Å²) in [5.41, 5.74) is 1.97. The number of esters is 1. The predicted octanol–water partition coefficient (Wildman–Crippen LogP) is 4.08. The summed E-state index contributed by atoms with van der Waals surface area (Å²) < 4.78 is 5.77. The summed E-state index contributed by atoms with van der Waals surface area (Å²) in [6, 6.07) is 0.660. The van der Waals surface area contributed by atoms with E-state index in [0.717, 1.165) is 12.3 Å². The number of nitrogens with one attached hydrogen (secondary N) is 1. The van der Waals surface area contributed by atoms with Crippen molar-refractivity contribution < 1.29 is 9.53 Å². The second-order valence-corrected chi connectivity index (χ2v) is 9.86. The highest BCUT2D eigenvalue weighted by Gasteiger charge is 2.68. The lowest BCUT2D eigenvalue weighted by atomic mass is 9.47. The van der Waals surface area contributed by atoms with Crippen LogP contribution in [-0.4, -0.2) is 25.2 Å².